The molecule has 1 aromatic carbocycles. The average molecular weight is 389 g/mol. The van der Waals surface area contributed by atoms with Gasteiger partial charge in [0.15, 0.2) is 18.0 Å². The molecule has 0 heterocycles. The van der Waals surface area contributed by atoms with Gasteiger partial charge < -0.3 is 14.8 Å². The normalized spacial score (nSPS) is 13.5. The Balaban J connectivity index is 0.00000676. The molecule has 0 saturated heterocycles. The zero-order valence-corrected chi connectivity index (χ0v) is 15.7. The molecule has 2 atom stereocenters. The number of nitrogens with one attached hydrogen (secondary N) is 1. The summed E-state index contributed by atoms with van der Waals surface area (Å²) < 4.78 is 38.0. The molecule has 0 bridgehead atoms. The number of ether oxygens (including phenoxy) is 2. The van der Waals surface area contributed by atoms with Gasteiger partial charge in [-0.05, 0) is 26.0 Å². The molecule has 26 heavy (non-hydrogen) atoms. The zero-order valence-electron chi connectivity index (χ0n) is 14.8. The fourth-order valence-corrected chi connectivity index (χ4v) is 2.66. The van der Waals surface area contributed by atoms with Crippen LogP contribution in [-0.4, -0.2) is 52.5 Å². The Bertz CT molecular complexity index is 780. The maximum atomic E-state index is 12.2. The highest BCUT2D eigenvalue weighted by Gasteiger charge is 2.26. The summed E-state index contributed by atoms with van der Waals surface area (Å²) in [7, 11) is -1.74. The maximum absolute atomic E-state index is 12.2. The van der Waals surface area contributed by atoms with Crippen LogP contribution in [0.1, 0.15) is 21.7 Å². The van der Waals surface area contributed by atoms with Crippen molar-refractivity contribution in [3.63, 3.8) is 0 Å². The number of benzene rings is 1. The minimum absolute atomic E-state index is 0. The summed E-state index contributed by atoms with van der Waals surface area (Å²) in [5, 5.41) is 2.38. The lowest BCUT2D eigenvalue weighted by Gasteiger charge is -2.17. The summed E-state index contributed by atoms with van der Waals surface area (Å²) >= 11 is 0. The molecule has 146 valence electrons. The first-order chi connectivity index (χ1) is 12.1. The number of esters is 1. The van der Waals surface area contributed by atoms with Gasteiger partial charge >= 0.3 is 5.97 Å². The van der Waals surface area contributed by atoms with Crippen LogP contribution >= 0.6 is 0 Å². The van der Waals surface area contributed by atoms with Crippen molar-refractivity contribution in [2.24, 2.45) is 0 Å². The van der Waals surface area contributed by atoms with Crippen LogP contribution in [0.2, 0.25) is 0 Å². The van der Waals surface area contributed by atoms with Gasteiger partial charge in [0.05, 0.1) is 19.2 Å². The standard InChI is InChI=1S/C16H21NO8S.H2/c1-10(18)13(25-16(20)11(2)23-3)9-15(19)17-12-7-5-6-8-14(12)26(21,22)24-4;/h5-8,11,13H,9H2,1-4H3,(H,17,19);1H. The van der Waals surface area contributed by atoms with E-state index in [9.17, 15) is 22.8 Å². The van der Waals surface area contributed by atoms with E-state index in [1.165, 1.54) is 45.2 Å². The number of rotatable bonds is 9. The third-order valence-electron chi connectivity index (χ3n) is 3.42. The highest BCUT2D eigenvalue weighted by molar-refractivity contribution is 7.87. The monoisotopic (exact) mass is 389 g/mol. The Hall–Kier alpha value is -2.30. The fourth-order valence-electron chi connectivity index (χ4n) is 1.85. The first kappa shape index (κ1) is 21.7. The molecule has 0 fully saturated rings. The molecular weight excluding hydrogens is 366 g/mol. The summed E-state index contributed by atoms with van der Waals surface area (Å²) in [4.78, 5) is 35.3. The molecule has 1 aromatic rings. The van der Waals surface area contributed by atoms with Gasteiger partial charge in [-0.1, -0.05) is 12.1 Å². The maximum Gasteiger partial charge on any atom is 0.335 e. The number of anilines is 1. The molecule has 0 aliphatic carbocycles. The Kier molecular flexibility index (Phi) is 7.87. The van der Waals surface area contributed by atoms with Crippen molar-refractivity contribution in [3.8, 4) is 0 Å². The number of hydrogen-bond donors (Lipinski definition) is 1. The van der Waals surface area contributed by atoms with Gasteiger partial charge in [0.2, 0.25) is 5.91 Å². The summed E-state index contributed by atoms with van der Waals surface area (Å²) in [6.07, 6.45) is -2.68. The molecule has 2 unspecified atom stereocenters. The van der Waals surface area contributed by atoms with Crippen LogP contribution in [0, 0.1) is 0 Å². The van der Waals surface area contributed by atoms with Gasteiger partial charge in [-0.2, -0.15) is 8.42 Å². The highest BCUT2D eigenvalue weighted by Crippen LogP contribution is 2.22. The second kappa shape index (κ2) is 9.41. The average Bonchev–Trinajstić information content (AvgIpc) is 2.60. The van der Waals surface area contributed by atoms with Crippen molar-refractivity contribution in [3.05, 3.63) is 24.3 Å². The largest absolute Gasteiger partial charge is 0.452 e. The number of para-hydroxylation sites is 1. The van der Waals surface area contributed by atoms with E-state index in [0.29, 0.717) is 0 Å². The van der Waals surface area contributed by atoms with Crippen LogP contribution < -0.4 is 5.32 Å². The molecule has 10 heteroatoms. The molecule has 1 amide bonds. The summed E-state index contributed by atoms with van der Waals surface area (Å²) in [6, 6.07) is 5.61. The predicted molar refractivity (Wildman–Crippen MR) is 93.0 cm³/mol. The van der Waals surface area contributed by atoms with E-state index in [1.807, 2.05) is 0 Å². The molecule has 0 aliphatic rings. The Morgan fingerprint density at radius 3 is 2.35 bits per heavy atom. The summed E-state index contributed by atoms with van der Waals surface area (Å²) in [5.74, 6) is -2.03. The van der Waals surface area contributed by atoms with E-state index in [1.54, 1.807) is 0 Å². The third kappa shape index (κ3) is 5.90. The van der Waals surface area contributed by atoms with E-state index in [4.69, 9.17) is 9.47 Å². The SMILES string of the molecule is COC(C)C(=O)OC(CC(=O)Nc1ccccc1S(=O)(=O)OC)C(C)=O.[HH]. The smallest absolute Gasteiger partial charge is 0.335 e. The molecule has 1 N–H and O–H groups in total. The molecular formula is C16H23NO8S. The molecule has 0 saturated carbocycles. The van der Waals surface area contributed by atoms with E-state index in [0.717, 1.165) is 7.11 Å². The molecule has 1 rings (SSSR count). The Morgan fingerprint density at radius 2 is 1.81 bits per heavy atom. The quantitative estimate of drug-likeness (QED) is 0.492. The minimum atomic E-state index is -4.04. The number of carbonyl (C=O) groups is 3. The van der Waals surface area contributed by atoms with Crippen LogP contribution in [0.5, 0.6) is 0 Å². The molecule has 9 nitrogen and oxygen atoms in total. The number of Topliss-reactive ketones (excluding diaryl/α,β-unsaturated/α-hetero) is 1. The van der Waals surface area contributed by atoms with Crippen molar-refractivity contribution >= 4 is 33.5 Å². The lowest BCUT2D eigenvalue weighted by molar-refractivity contribution is -0.164. The molecule has 0 aliphatic heterocycles. The Morgan fingerprint density at radius 1 is 1.19 bits per heavy atom. The highest BCUT2D eigenvalue weighted by atomic mass is 32.2. The lowest BCUT2D eigenvalue weighted by atomic mass is 10.1. The van der Waals surface area contributed by atoms with Gasteiger partial charge in [-0.25, -0.2) is 4.79 Å². The number of carbonyl (C=O) groups excluding carboxylic acids is 3. The van der Waals surface area contributed by atoms with E-state index < -0.39 is 46.4 Å². The van der Waals surface area contributed by atoms with Gasteiger partial charge in [-0.3, -0.25) is 13.8 Å². The van der Waals surface area contributed by atoms with Crippen molar-refractivity contribution in [1.82, 2.24) is 0 Å². The van der Waals surface area contributed by atoms with Gasteiger partial charge in [0.25, 0.3) is 10.1 Å². The topological polar surface area (TPSA) is 125 Å². The van der Waals surface area contributed by atoms with Crippen molar-refractivity contribution in [1.29, 1.82) is 0 Å². The number of amides is 1. The van der Waals surface area contributed by atoms with Crippen LogP contribution in [-0.2, 0) is 38.2 Å². The van der Waals surface area contributed by atoms with Gasteiger partial charge in [0.1, 0.15) is 4.90 Å². The molecule has 0 spiro atoms. The molecule has 0 aromatic heterocycles. The molecule has 0 radical (unpaired) electrons. The number of hydrogen-bond acceptors (Lipinski definition) is 8. The van der Waals surface area contributed by atoms with Crippen LogP contribution in [0.25, 0.3) is 0 Å². The van der Waals surface area contributed by atoms with Crippen molar-refractivity contribution < 1.29 is 37.9 Å². The van der Waals surface area contributed by atoms with Gasteiger partial charge in [0, 0.05) is 8.54 Å². The second-order valence-corrected chi connectivity index (χ2v) is 6.96. The van der Waals surface area contributed by atoms with Crippen molar-refractivity contribution in [2.45, 2.75) is 37.4 Å². The van der Waals surface area contributed by atoms with Crippen LogP contribution in [0.3, 0.4) is 0 Å². The van der Waals surface area contributed by atoms with Crippen LogP contribution in [0.15, 0.2) is 29.2 Å². The number of methoxy groups -OCH3 is 1. The summed E-state index contributed by atoms with van der Waals surface area (Å²) in [5.41, 5.74) is -0.0155. The predicted octanol–water partition coefficient (Wildman–Crippen LogP) is 1.13. The summed E-state index contributed by atoms with van der Waals surface area (Å²) in [6.45, 7) is 2.61. The second-order valence-electron chi connectivity index (χ2n) is 5.28. The fraction of sp³-hybridized carbons (Fsp3) is 0.438. The van der Waals surface area contributed by atoms with Crippen molar-refractivity contribution in [2.75, 3.05) is 19.5 Å². The minimum Gasteiger partial charge on any atom is -0.452 e. The number of ketones is 1. The Labute approximate surface area is 153 Å². The van der Waals surface area contributed by atoms with E-state index in [-0.39, 0.29) is 12.0 Å². The van der Waals surface area contributed by atoms with Crippen LogP contribution in [0.4, 0.5) is 5.69 Å². The van der Waals surface area contributed by atoms with E-state index >= 15 is 0 Å². The van der Waals surface area contributed by atoms with Gasteiger partial charge in [-0.15, -0.1) is 0 Å². The first-order valence-corrected chi connectivity index (χ1v) is 8.96. The first-order valence-electron chi connectivity index (χ1n) is 7.55. The third-order valence-corrected chi connectivity index (χ3v) is 4.75. The lowest BCUT2D eigenvalue weighted by Crippen LogP contribution is -2.34. The zero-order chi connectivity index (χ0) is 19.9. The van der Waals surface area contributed by atoms with E-state index in [2.05, 4.69) is 9.50 Å².